The summed E-state index contributed by atoms with van der Waals surface area (Å²) in [5.41, 5.74) is 8.05. The first-order valence-electron chi connectivity index (χ1n) is 14.8. The van der Waals surface area contributed by atoms with E-state index in [1.165, 1.54) is 6.20 Å². The minimum absolute atomic E-state index is 0.107. The van der Waals surface area contributed by atoms with Crippen LogP contribution in [0.1, 0.15) is 54.3 Å². The number of nitrogens with two attached hydrogens (primary N) is 1. The number of ether oxygens (including phenoxy) is 2. The summed E-state index contributed by atoms with van der Waals surface area (Å²) in [4.78, 5) is 51.1. The maximum atomic E-state index is 13.5. The number of amides is 3. The molecule has 232 valence electrons. The lowest BCUT2D eigenvalue weighted by molar-refractivity contribution is 0.0303. The number of rotatable bonds is 7. The summed E-state index contributed by atoms with van der Waals surface area (Å²) in [5.74, 6) is -0.188. The van der Waals surface area contributed by atoms with Gasteiger partial charge in [-0.25, -0.2) is 9.78 Å². The molecule has 3 amide bonds. The third-order valence-corrected chi connectivity index (χ3v) is 7.31. The van der Waals surface area contributed by atoms with Crippen molar-refractivity contribution >= 4 is 35.4 Å². The van der Waals surface area contributed by atoms with Gasteiger partial charge in [-0.3, -0.25) is 9.59 Å². The molecule has 2 aliphatic heterocycles. The molecule has 3 aromatic rings. The summed E-state index contributed by atoms with van der Waals surface area (Å²) in [6.45, 7) is 8.60. The number of carbonyl (C=O) groups excluding carboxylic acids is 3. The van der Waals surface area contributed by atoms with Crippen LogP contribution in [0, 0.1) is 0 Å². The second-order valence-corrected chi connectivity index (χ2v) is 11.9. The van der Waals surface area contributed by atoms with Crippen LogP contribution in [0.15, 0.2) is 54.7 Å². The van der Waals surface area contributed by atoms with E-state index in [0.717, 1.165) is 24.0 Å². The summed E-state index contributed by atoms with van der Waals surface area (Å²) in [5, 5.41) is 6.18. The number of hydrogen-bond acceptors (Lipinski definition) is 9. The maximum absolute atomic E-state index is 13.5. The van der Waals surface area contributed by atoms with E-state index in [9.17, 15) is 14.4 Å². The number of nitrogens with one attached hydrogen (secondary N) is 2. The smallest absolute Gasteiger partial charge is 0.407 e. The Morgan fingerprint density at radius 1 is 1.02 bits per heavy atom. The highest BCUT2D eigenvalue weighted by molar-refractivity contribution is 5.99. The SMILES string of the molecule is CC(C)(C)OC(=O)N[C@H]1CCCN(c2ncc(C(N)=O)c(Nc3cc(C(=O)N4CCOCC4)cc(-c4ccccc4)c3)n2)C1. The van der Waals surface area contributed by atoms with Crippen molar-refractivity contribution in [1.29, 1.82) is 0 Å². The zero-order chi connectivity index (χ0) is 31.3. The topological polar surface area (TPSA) is 152 Å². The molecule has 5 rings (SSSR count). The number of alkyl carbamates (subject to hydrolysis) is 1. The Morgan fingerprint density at radius 3 is 2.48 bits per heavy atom. The van der Waals surface area contributed by atoms with Crippen LogP contribution < -0.4 is 21.3 Å². The highest BCUT2D eigenvalue weighted by atomic mass is 16.6. The molecule has 1 atom stereocenters. The number of nitrogens with zero attached hydrogens (tertiary/aromatic N) is 4. The van der Waals surface area contributed by atoms with Gasteiger partial charge in [0.15, 0.2) is 0 Å². The van der Waals surface area contributed by atoms with Gasteiger partial charge in [0.2, 0.25) is 5.95 Å². The van der Waals surface area contributed by atoms with Gasteiger partial charge in [-0.2, -0.15) is 4.98 Å². The summed E-state index contributed by atoms with van der Waals surface area (Å²) < 4.78 is 10.8. The summed E-state index contributed by atoms with van der Waals surface area (Å²) in [6, 6.07) is 15.1. The molecule has 12 heteroatoms. The maximum Gasteiger partial charge on any atom is 0.407 e. The Balaban J connectivity index is 1.43. The Bertz CT molecular complexity index is 1500. The molecule has 0 aliphatic carbocycles. The molecule has 44 heavy (non-hydrogen) atoms. The number of morpholine rings is 1. The predicted octanol–water partition coefficient (Wildman–Crippen LogP) is 3.95. The van der Waals surface area contributed by atoms with Crippen LogP contribution in [-0.2, 0) is 9.47 Å². The molecular weight excluding hydrogens is 562 g/mol. The average Bonchev–Trinajstić information content (AvgIpc) is 3.00. The molecule has 2 fully saturated rings. The minimum atomic E-state index is -0.689. The van der Waals surface area contributed by atoms with E-state index < -0.39 is 17.6 Å². The van der Waals surface area contributed by atoms with E-state index >= 15 is 0 Å². The van der Waals surface area contributed by atoms with Gasteiger partial charge >= 0.3 is 6.09 Å². The Hall–Kier alpha value is -4.71. The van der Waals surface area contributed by atoms with E-state index in [2.05, 4.69) is 15.6 Å². The number of primary amides is 1. The van der Waals surface area contributed by atoms with E-state index in [-0.39, 0.29) is 23.3 Å². The monoisotopic (exact) mass is 601 g/mol. The Labute approximate surface area is 256 Å². The molecule has 0 saturated carbocycles. The fraction of sp³-hybridized carbons (Fsp3) is 0.406. The molecule has 2 saturated heterocycles. The third kappa shape index (κ3) is 7.81. The molecule has 2 aliphatic rings. The molecule has 0 unspecified atom stereocenters. The molecule has 0 spiro atoms. The zero-order valence-electron chi connectivity index (χ0n) is 25.3. The first kappa shape index (κ1) is 30.7. The van der Waals surface area contributed by atoms with Crippen molar-refractivity contribution in [2.75, 3.05) is 49.6 Å². The Morgan fingerprint density at radius 2 is 1.77 bits per heavy atom. The van der Waals surface area contributed by atoms with Crippen molar-refractivity contribution in [3.63, 3.8) is 0 Å². The molecule has 1 aromatic heterocycles. The fourth-order valence-electron chi connectivity index (χ4n) is 5.26. The van der Waals surface area contributed by atoms with Crippen LogP contribution in [0.3, 0.4) is 0 Å². The first-order valence-corrected chi connectivity index (χ1v) is 14.8. The van der Waals surface area contributed by atoms with Gasteiger partial charge < -0.3 is 35.6 Å². The standard InChI is InChI=1S/C32H39N7O5/c1-32(2,3)44-31(42)36-24-10-7-11-39(20-24)30-34-19-26(27(33)40)28(37-30)35-25-17-22(21-8-5-4-6-9-21)16-23(18-25)29(41)38-12-14-43-15-13-38/h4-6,8-9,16-19,24H,7,10-15,20H2,1-3H3,(H2,33,40)(H,36,42)(H,34,35,37)/t24-/m0/s1. The lowest BCUT2D eigenvalue weighted by atomic mass is 10.0. The fourth-order valence-corrected chi connectivity index (χ4v) is 5.26. The van der Waals surface area contributed by atoms with Crippen molar-refractivity contribution in [2.45, 2.75) is 45.3 Å². The van der Waals surface area contributed by atoms with Gasteiger partial charge in [-0.1, -0.05) is 30.3 Å². The minimum Gasteiger partial charge on any atom is -0.444 e. The van der Waals surface area contributed by atoms with Crippen LogP contribution in [0.25, 0.3) is 11.1 Å². The van der Waals surface area contributed by atoms with E-state index in [4.69, 9.17) is 20.2 Å². The highest BCUT2D eigenvalue weighted by Crippen LogP contribution is 2.29. The van der Waals surface area contributed by atoms with Crippen molar-refractivity contribution in [3.8, 4) is 11.1 Å². The molecular formula is C32H39N7O5. The van der Waals surface area contributed by atoms with Gasteiger partial charge in [-0.05, 0) is 62.9 Å². The number of piperidine rings is 1. The van der Waals surface area contributed by atoms with Crippen LogP contribution in [0.4, 0.5) is 22.2 Å². The molecule has 2 aromatic carbocycles. The van der Waals surface area contributed by atoms with Gasteiger partial charge in [0.25, 0.3) is 11.8 Å². The molecule has 0 bridgehead atoms. The predicted molar refractivity (Wildman–Crippen MR) is 167 cm³/mol. The number of aromatic nitrogens is 2. The second kappa shape index (κ2) is 13.3. The number of carbonyl (C=O) groups is 3. The van der Waals surface area contributed by atoms with Crippen molar-refractivity contribution < 1.29 is 23.9 Å². The summed E-state index contributed by atoms with van der Waals surface area (Å²) >= 11 is 0. The van der Waals surface area contributed by atoms with E-state index in [1.54, 1.807) is 11.0 Å². The molecule has 3 heterocycles. The lowest BCUT2D eigenvalue weighted by Gasteiger charge is -2.33. The largest absolute Gasteiger partial charge is 0.444 e. The van der Waals surface area contributed by atoms with Crippen LogP contribution in [0.2, 0.25) is 0 Å². The number of anilines is 3. The lowest BCUT2D eigenvalue weighted by Crippen LogP contribution is -2.49. The van der Waals surface area contributed by atoms with Crippen molar-refractivity contribution in [2.24, 2.45) is 5.73 Å². The Kier molecular flexibility index (Phi) is 9.29. The molecule has 4 N–H and O–H groups in total. The van der Waals surface area contributed by atoms with Crippen LogP contribution in [0.5, 0.6) is 0 Å². The second-order valence-electron chi connectivity index (χ2n) is 11.9. The summed E-state index contributed by atoms with van der Waals surface area (Å²) in [6.07, 6.45) is 2.51. The van der Waals surface area contributed by atoms with E-state index in [1.807, 2.05) is 68.1 Å². The van der Waals surface area contributed by atoms with Gasteiger partial charge in [0, 0.05) is 49.7 Å². The quantitative estimate of drug-likeness (QED) is 0.365. The number of hydrogen-bond donors (Lipinski definition) is 3. The molecule has 0 radical (unpaired) electrons. The van der Waals surface area contributed by atoms with E-state index in [0.29, 0.717) is 56.6 Å². The van der Waals surface area contributed by atoms with Gasteiger partial charge in [0.1, 0.15) is 17.0 Å². The normalized spacial score (nSPS) is 17.1. The summed E-state index contributed by atoms with van der Waals surface area (Å²) in [7, 11) is 0. The van der Waals surface area contributed by atoms with Gasteiger partial charge in [-0.15, -0.1) is 0 Å². The number of benzene rings is 2. The zero-order valence-corrected chi connectivity index (χ0v) is 25.3. The average molecular weight is 602 g/mol. The highest BCUT2D eigenvalue weighted by Gasteiger charge is 2.27. The van der Waals surface area contributed by atoms with Gasteiger partial charge in [0.05, 0.1) is 13.2 Å². The van der Waals surface area contributed by atoms with Crippen LogP contribution in [-0.4, -0.2) is 83.8 Å². The van der Waals surface area contributed by atoms with Crippen LogP contribution >= 0.6 is 0 Å². The molecule has 12 nitrogen and oxygen atoms in total. The third-order valence-electron chi connectivity index (χ3n) is 7.31. The first-order chi connectivity index (χ1) is 21.1. The van der Waals surface area contributed by atoms with Crippen molar-refractivity contribution in [3.05, 3.63) is 65.9 Å². The van der Waals surface area contributed by atoms with Crippen molar-refractivity contribution in [1.82, 2.24) is 20.2 Å².